The first-order valence-corrected chi connectivity index (χ1v) is 9.09. The zero-order chi connectivity index (χ0) is 22.2. The standard InChI is InChI=1S/C22H14F6N2O/c23-21(24,25)18-11-5-10-17-19(18)29-30(20(17)15-7-2-1-3-8-15)13-14-6-4-9-16(12-14)31-22(26,27)28/h1-12H,13H2. The van der Waals surface area contributed by atoms with Gasteiger partial charge in [0.15, 0.2) is 0 Å². The van der Waals surface area contributed by atoms with E-state index in [1.54, 1.807) is 42.5 Å². The van der Waals surface area contributed by atoms with Crippen LogP contribution in [0.2, 0.25) is 0 Å². The lowest BCUT2D eigenvalue weighted by molar-refractivity contribution is -0.274. The fourth-order valence-corrected chi connectivity index (χ4v) is 3.41. The summed E-state index contributed by atoms with van der Waals surface area (Å²) in [5.41, 5.74) is 0.350. The van der Waals surface area contributed by atoms with Gasteiger partial charge >= 0.3 is 12.5 Å². The Morgan fingerprint density at radius 2 is 1.52 bits per heavy atom. The van der Waals surface area contributed by atoms with E-state index in [2.05, 4.69) is 9.84 Å². The van der Waals surface area contributed by atoms with E-state index in [0.717, 1.165) is 12.1 Å². The Hall–Kier alpha value is -3.49. The predicted octanol–water partition coefficient (Wildman–Crippen LogP) is 6.67. The number of alkyl halides is 6. The van der Waals surface area contributed by atoms with Gasteiger partial charge in [-0.15, -0.1) is 13.2 Å². The average Bonchev–Trinajstić information content (AvgIpc) is 3.04. The molecule has 160 valence electrons. The van der Waals surface area contributed by atoms with E-state index in [-0.39, 0.29) is 12.1 Å². The van der Waals surface area contributed by atoms with Crippen LogP contribution in [0.1, 0.15) is 11.1 Å². The summed E-state index contributed by atoms with van der Waals surface area (Å²) in [7, 11) is 0. The Morgan fingerprint density at radius 3 is 2.19 bits per heavy atom. The molecular formula is C22H14F6N2O. The number of fused-ring (bicyclic) bond motifs is 1. The predicted molar refractivity (Wildman–Crippen MR) is 102 cm³/mol. The summed E-state index contributed by atoms with van der Waals surface area (Å²) in [6.45, 7) is -0.0503. The van der Waals surface area contributed by atoms with E-state index >= 15 is 0 Å². The molecule has 1 heterocycles. The van der Waals surface area contributed by atoms with Crippen LogP contribution in [0.4, 0.5) is 26.3 Å². The molecule has 0 saturated heterocycles. The molecule has 0 saturated carbocycles. The van der Waals surface area contributed by atoms with Crippen molar-refractivity contribution in [2.75, 3.05) is 0 Å². The van der Waals surface area contributed by atoms with Crippen LogP contribution in [0.25, 0.3) is 22.2 Å². The Kier molecular flexibility index (Phi) is 5.12. The van der Waals surface area contributed by atoms with Crippen LogP contribution >= 0.6 is 0 Å². The van der Waals surface area contributed by atoms with Gasteiger partial charge in [0.2, 0.25) is 0 Å². The average molecular weight is 436 g/mol. The summed E-state index contributed by atoms with van der Waals surface area (Å²) >= 11 is 0. The van der Waals surface area contributed by atoms with E-state index in [1.807, 2.05) is 0 Å². The van der Waals surface area contributed by atoms with Gasteiger partial charge in [0.25, 0.3) is 0 Å². The largest absolute Gasteiger partial charge is 0.573 e. The maximum absolute atomic E-state index is 13.5. The number of halogens is 6. The lowest BCUT2D eigenvalue weighted by Gasteiger charge is -2.11. The number of nitrogens with zero attached hydrogens (tertiary/aromatic N) is 2. The molecule has 3 aromatic carbocycles. The SMILES string of the molecule is FC(F)(F)Oc1cccc(Cn2nc3c(C(F)(F)F)cccc3c2-c2ccccc2)c1. The highest BCUT2D eigenvalue weighted by Crippen LogP contribution is 2.38. The first kappa shape index (κ1) is 20.8. The van der Waals surface area contributed by atoms with Gasteiger partial charge in [-0.3, -0.25) is 4.68 Å². The normalized spacial score (nSPS) is 12.3. The van der Waals surface area contributed by atoms with Crippen LogP contribution in [0.3, 0.4) is 0 Å². The van der Waals surface area contributed by atoms with Gasteiger partial charge in [-0.2, -0.15) is 18.3 Å². The summed E-state index contributed by atoms with van der Waals surface area (Å²) in [6, 6.07) is 17.8. The lowest BCUT2D eigenvalue weighted by atomic mass is 10.0. The molecule has 1 aromatic heterocycles. The second-order valence-corrected chi connectivity index (χ2v) is 6.77. The Labute approximate surface area is 172 Å². The summed E-state index contributed by atoms with van der Waals surface area (Å²) in [5, 5.41) is 4.48. The minimum atomic E-state index is -4.85. The van der Waals surface area contributed by atoms with Gasteiger partial charge in [-0.05, 0) is 23.8 Å². The van der Waals surface area contributed by atoms with Crippen LogP contribution in [-0.2, 0) is 12.7 Å². The fraction of sp³-hybridized carbons (Fsp3) is 0.136. The molecule has 4 aromatic rings. The van der Waals surface area contributed by atoms with Gasteiger partial charge < -0.3 is 4.74 Å². The van der Waals surface area contributed by atoms with Gasteiger partial charge in [-0.25, -0.2) is 0 Å². The number of hydrogen-bond donors (Lipinski definition) is 0. The minimum absolute atomic E-state index is 0.0503. The molecular weight excluding hydrogens is 422 g/mol. The molecule has 0 unspecified atom stereocenters. The van der Waals surface area contributed by atoms with Crippen molar-refractivity contribution in [2.45, 2.75) is 19.1 Å². The second kappa shape index (κ2) is 7.64. The number of rotatable bonds is 4. The van der Waals surface area contributed by atoms with Crippen molar-refractivity contribution in [2.24, 2.45) is 0 Å². The van der Waals surface area contributed by atoms with E-state index in [9.17, 15) is 26.3 Å². The zero-order valence-electron chi connectivity index (χ0n) is 15.7. The molecule has 4 rings (SSSR count). The Balaban J connectivity index is 1.85. The number of aromatic nitrogens is 2. The van der Waals surface area contributed by atoms with Crippen LogP contribution in [0.5, 0.6) is 5.75 Å². The molecule has 0 N–H and O–H groups in total. The molecule has 0 radical (unpaired) electrons. The first-order valence-electron chi connectivity index (χ1n) is 9.09. The molecule has 0 spiro atoms. The molecule has 0 fully saturated rings. The summed E-state index contributed by atoms with van der Waals surface area (Å²) in [5.74, 6) is -0.418. The van der Waals surface area contributed by atoms with E-state index in [1.165, 1.54) is 22.9 Å². The zero-order valence-corrected chi connectivity index (χ0v) is 15.7. The molecule has 9 heteroatoms. The van der Waals surface area contributed by atoms with Gasteiger partial charge in [0, 0.05) is 10.9 Å². The lowest BCUT2D eigenvalue weighted by Crippen LogP contribution is -2.17. The number of hydrogen-bond acceptors (Lipinski definition) is 2. The molecule has 0 aliphatic heterocycles. The summed E-state index contributed by atoms with van der Waals surface area (Å²) in [6.07, 6.45) is -9.46. The van der Waals surface area contributed by atoms with Crippen LogP contribution in [0, 0.1) is 0 Å². The summed E-state index contributed by atoms with van der Waals surface area (Å²) in [4.78, 5) is 0. The molecule has 0 aliphatic carbocycles. The van der Waals surface area contributed by atoms with Gasteiger partial charge in [0.05, 0.1) is 17.8 Å². The molecule has 31 heavy (non-hydrogen) atoms. The van der Waals surface area contributed by atoms with Crippen LogP contribution in [0.15, 0.2) is 72.8 Å². The maximum atomic E-state index is 13.5. The van der Waals surface area contributed by atoms with Crippen molar-refractivity contribution in [3.8, 4) is 17.0 Å². The van der Waals surface area contributed by atoms with Crippen molar-refractivity contribution in [1.29, 1.82) is 0 Å². The third kappa shape index (κ3) is 4.50. The van der Waals surface area contributed by atoms with Crippen molar-refractivity contribution in [3.05, 3.63) is 83.9 Å². The molecule has 0 atom stereocenters. The van der Waals surface area contributed by atoms with Crippen molar-refractivity contribution in [1.82, 2.24) is 9.78 Å². The van der Waals surface area contributed by atoms with E-state index in [4.69, 9.17) is 0 Å². The number of ether oxygens (including phenoxy) is 1. The molecule has 0 amide bonds. The van der Waals surface area contributed by atoms with Crippen molar-refractivity contribution in [3.63, 3.8) is 0 Å². The van der Waals surface area contributed by atoms with Gasteiger partial charge in [-0.1, -0.05) is 54.6 Å². The van der Waals surface area contributed by atoms with Crippen LogP contribution in [-0.4, -0.2) is 16.1 Å². The Morgan fingerprint density at radius 1 is 0.806 bits per heavy atom. The molecule has 0 aliphatic rings. The highest BCUT2D eigenvalue weighted by Gasteiger charge is 2.34. The van der Waals surface area contributed by atoms with E-state index < -0.39 is 23.9 Å². The third-order valence-electron chi connectivity index (χ3n) is 4.59. The topological polar surface area (TPSA) is 27.1 Å². The summed E-state index contributed by atoms with van der Waals surface area (Å²) < 4.78 is 83.5. The Bertz CT molecular complexity index is 1210. The highest BCUT2D eigenvalue weighted by molar-refractivity contribution is 5.95. The second-order valence-electron chi connectivity index (χ2n) is 6.77. The van der Waals surface area contributed by atoms with Gasteiger partial charge in [0.1, 0.15) is 11.3 Å². The highest BCUT2D eigenvalue weighted by atomic mass is 19.4. The van der Waals surface area contributed by atoms with E-state index in [0.29, 0.717) is 22.2 Å². The molecule has 3 nitrogen and oxygen atoms in total. The minimum Gasteiger partial charge on any atom is -0.406 e. The smallest absolute Gasteiger partial charge is 0.406 e. The number of benzene rings is 3. The third-order valence-corrected chi connectivity index (χ3v) is 4.59. The monoisotopic (exact) mass is 436 g/mol. The maximum Gasteiger partial charge on any atom is 0.573 e. The molecule has 0 bridgehead atoms. The first-order chi connectivity index (χ1) is 14.6. The van der Waals surface area contributed by atoms with Crippen molar-refractivity contribution >= 4 is 10.9 Å². The quantitative estimate of drug-likeness (QED) is 0.334. The van der Waals surface area contributed by atoms with Crippen LogP contribution < -0.4 is 4.74 Å². The van der Waals surface area contributed by atoms with Crippen molar-refractivity contribution < 1.29 is 31.1 Å². The fourth-order valence-electron chi connectivity index (χ4n) is 3.41.